The molecule has 3 heteroatoms. The first-order chi connectivity index (χ1) is 5.83. The number of hydrogen-bond acceptors (Lipinski definition) is 1. The van der Waals surface area contributed by atoms with Crippen molar-refractivity contribution in [3.63, 3.8) is 0 Å². The molecule has 0 aromatic heterocycles. The molecule has 0 saturated carbocycles. The first-order valence-corrected chi connectivity index (χ1v) is 5.55. The molecule has 0 heterocycles. The van der Waals surface area contributed by atoms with Gasteiger partial charge >= 0.3 is 94.3 Å². The van der Waals surface area contributed by atoms with Crippen LogP contribution in [-0.4, -0.2) is 28.9 Å². The van der Waals surface area contributed by atoms with Crippen LogP contribution < -0.4 is 4.74 Å². The molecule has 1 rings (SSSR count). The Morgan fingerprint density at radius 1 is 1.42 bits per heavy atom. The minimum absolute atomic E-state index is 0.639. The Balaban J connectivity index is 2.44. The molecular formula is C9H8BrOTe. The van der Waals surface area contributed by atoms with Crippen LogP contribution in [0.15, 0.2) is 38.9 Å². The van der Waals surface area contributed by atoms with Gasteiger partial charge in [-0.3, -0.25) is 0 Å². The van der Waals surface area contributed by atoms with Crippen LogP contribution in [0.1, 0.15) is 0 Å². The Kier molecular flexibility index (Phi) is 4.75. The molecule has 0 spiro atoms. The van der Waals surface area contributed by atoms with E-state index in [1.54, 1.807) is 0 Å². The fraction of sp³-hybridized carbons (Fsp3) is 0.111. The first-order valence-electron chi connectivity index (χ1n) is 3.47. The Morgan fingerprint density at radius 3 is 2.67 bits per heavy atom. The summed E-state index contributed by atoms with van der Waals surface area (Å²) in [4.78, 5) is 1.88. The molecule has 0 N–H and O–H groups in total. The molecule has 0 amide bonds. The zero-order valence-electron chi connectivity index (χ0n) is 6.37. The average molecular weight is 340 g/mol. The fourth-order valence-electron chi connectivity index (χ4n) is 0.703. The van der Waals surface area contributed by atoms with Gasteiger partial charge in [0, 0.05) is 0 Å². The normalized spacial score (nSPS) is 11.2. The monoisotopic (exact) mass is 341 g/mol. The van der Waals surface area contributed by atoms with Crippen molar-refractivity contribution >= 4 is 38.2 Å². The Morgan fingerprint density at radius 2 is 2.08 bits per heavy atom. The summed E-state index contributed by atoms with van der Waals surface area (Å²) >= 11 is 5.19. The second-order valence-corrected chi connectivity index (χ2v) is 4.13. The minimum atomic E-state index is 0.639. The van der Waals surface area contributed by atoms with Crippen LogP contribution >= 0.6 is 15.9 Å². The van der Waals surface area contributed by atoms with Crippen molar-refractivity contribution in [1.82, 2.24) is 0 Å². The molecule has 0 aliphatic carbocycles. The molecule has 1 nitrogen and oxygen atoms in total. The van der Waals surface area contributed by atoms with E-state index in [9.17, 15) is 0 Å². The number of hydrogen-bond donors (Lipinski definition) is 0. The molecule has 1 radical (unpaired) electrons. The van der Waals surface area contributed by atoms with Crippen molar-refractivity contribution in [2.75, 3.05) is 6.61 Å². The summed E-state index contributed by atoms with van der Waals surface area (Å²) in [6.07, 6.45) is 0. The van der Waals surface area contributed by atoms with Gasteiger partial charge in [0.15, 0.2) is 0 Å². The third-order valence-corrected chi connectivity index (χ3v) is 3.41. The average Bonchev–Trinajstić information content (AvgIpc) is 2.16. The predicted octanol–water partition coefficient (Wildman–Crippen LogP) is 2.47. The quantitative estimate of drug-likeness (QED) is 0.769. The molecule has 0 aliphatic heterocycles. The van der Waals surface area contributed by atoms with E-state index in [0.29, 0.717) is 6.61 Å². The number of para-hydroxylation sites is 1. The molecule has 63 valence electrons. The van der Waals surface area contributed by atoms with Crippen LogP contribution in [0.2, 0.25) is 0 Å². The van der Waals surface area contributed by atoms with Crippen molar-refractivity contribution in [2.24, 2.45) is 0 Å². The van der Waals surface area contributed by atoms with E-state index in [0.717, 1.165) is 5.75 Å². The summed E-state index contributed by atoms with van der Waals surface area (Å²) < 4.78 is 6.64. The van der Waals surface area contributed by atoms with Crippen LogP contribution in [-0.2, 0) is 0 Å². The van der Waals surface area contributed by atoms with Crippen molar-refractivity contribution in [3.8, 4) is 5.75 Å². The summed E-state index contributed by atoms with van der Waals surface area (Å²) in [5, 5.41) is 0. The topological polar surface area (TPSA) is 9.23 Å². The van der Waals surface area contributed by atoms with Gasteiger partial charge < -0.3 is 0 Å². The van der Waals surface area contributed by atoms with E-state index in [1.807, 2.05) is 57.6 Å². The zero-order chi connectivity index (χ0) is 8.81. The van der Waals surface area contributed by atoms with Crippen molar-refractivity contribution in [2.45, 2.75) is 0 Å². The number of rotatable bonds is 3. The van der Waals surface area contributed by atoms with Gasteiger partial charge in [0.1, 0.15) is 0 Å². The molecule has 1 aromatic rings. The number of ether oxygens (including phenoxy) is 1. The van der Waals surface area contributed by atoms with E-state index < -0.39 is 0 Å². The van der Waals surface area contributed by atoms with Crippen LogP contribution in [0.4, 0.5) is 0 Å². The van der Waals surface area contributed by atoms with E-state index in [-0.39, 0.29) is 0 Å². The maximum atomic E-state index is 5.46. The second-order valence-electron chi connectivity index (χ2n) is 2.18. The Labute approximate surface area is 93.8 Å². The van der Waals surface area contributed by atoms with Gasteiger partial charge in [-0.15, -0.1) is 0 Å². The molecule has 12 heavy (non-hydrogen) atoms. The molecule has 0 aliphatic rings. The standard InChI is InChI=1S/C9H8BrOTe/c10-6-9(12)7-11-8-4-2-1-3-5-8/h1-6H,7H2/b9-6+. The predicted molar refractivity (Wildman–Crippen MR) is 54.7 cm³/mol. The number of halogens is 1. The molecule has 0 bridgehead atoms. The first kappa shape index (κ1) is 10.1. The van der Waals surface area contributed by atoms with E-state index in [2.05, 4.69) is 15.9 Å². The van der Waals surface area contributed by atoms with Gasteiger partial charge in [0.25, 0.3) is 0 Å². The SMILES string of the molecule is Br/C=C(/[Te])COc1ccccc1. The van der Waals surface area contributed by atoms with Crippen LogP contribution in [0.5, 0.6) is 5.75 Å². The summed E-state index contributed by atoms with van der Waals surface area (Å²) in [7, 11) is 0. The van der Waals surface area contributed by atoms with E-state index in [4.69, 9.17) is 4.74 Å². The fourth-order valence-corrected chi connectivity index (χ4v) is 1.00. The summed E-state index contributed by atoms with van der Waals surface area (Å²) in [5.41, 5.74) is 0. The van der Waals surface area contributed by atoms with Crippen LogP contribution in [0.25, 0.3) is 0 Å². The Bertz CT molecular complexity index is 258. The second kappa shape index (κ2) is 5.64. The van der Waals surface area contributed by atoms with Gasteiger partial charge in [-0.2, -0.15) is 0 Å². The van der Waals surface area contributed by atoms with Gasteiger partial charge in [-0.05, 0) is 0 Å². The summed E-state index contributed by atoms with van der Waals surface area (Å²) in [6.45, 7) is 0.639. The molecule has 1 aromatic carbocycles. The van der Waals surface area contributed by atoms with Gasteiger partial charge in [-0.25, -0.2) is 0 Å². The van der Waals surface area contributed by atoms with E-state index >= 15 is 0 Å². The number of benzene rings is 1. The summed E-state index contributed by atoms with van der Waals surface area (Å²) in [5.74, 6) is 0.910. The van der Waals surface area contributed by atoms with Gasteiger partial charge in [-0.1, -0.05) is 0 Å². The van der Waals surface area contributed by atoms with Crippen LogP contribution in [0, 0.1) is 0 Å². The van der Waals surface area contributed by atoms with Gasteiger partial charge in [0.2, 0.25) is 0 Å². The Hall–Kier alpha value is 0.0296. The molecule has 0 atom stereocenters. The van der Waals surface area contributed by atoms with Crippen LogP contribution in [0.3, 0.4) is 0 Å². The molecule has 0 saturated heterocycles. The van der Waals surface area contributed by atoms with Crippen molar-refractivity contribution in [1.29, 1.82) is 0 Å². The molecule has 0 fully saturated rings. The van der Waals surface area contributed by atoms with Gasteiger partial charge in [0.05, 0.1) is 0 Å². The zero-order valence-corrected chi connectivity index (χ0v) is 10.3. The maximum absolute atomic E-state index is 5.46. The third kappa shape index (κ3) is 3.62. The molecular weight excluding hydrogens is 332 g/mol. The van der Waals surface area contributed by atoms with Crippen molar-refractivity contribution in [3.05, 3.63) is 38.9 Å². The van der Waals surface area contributed by atoms with E-state index in [1.165, 1.54) is 3.62 Å². The third-order valence-electron chi connectivity index (χ3n) is 1.25. The van der Waals surface area contributed by atoms with Crippen molar-refractivity contribution < 1.29 is 4.74 Å². The summed E-state index contributed by atoms with van der Waals surface area (Å²) in [6, 6.07) is 9.79. The molecule has 0 unspecified atom stereocenters.